The van der Waals surface area contributed by atoms with Gasteiger partial charge in [-0.05, 0) is 17.7 Å². The van der Waals surface area contributed by atoms with Crippen molar-refractivity contribution in [3.05, 3.63) is 35.6 Å². The van der Waals surface area contributed by atoms with E-state index in [0.717, 1.165) is 5.56 Å². The molecule has 0 heterocycles. The van der Waals surface area contributed by atoms with Crippen molar-refractivity contribution in [1.29, 1.82) is 0 Å². The minimum atomic E-state index is -0.801. The molecule has 0 aliphatic carbocycles. The molecule has 0 fully saturated rings. The van der Waals surface area contributed by atoms with E-state index < -0.39 is 6.09 Å². The van der Waals surface area contributed by atoms with E-state index in [1.54, 1.807) is 12.1 Å². The first-order valence-electron chi connectivity index (χ1n) is 4.60. The van der Waals surface area contributed by atoms with Crippen molar-refractivity contribution in [2.24, 2.45) is 5.73 Å². The third-order valence-corrected chi connectivity index (χ3v) is 2.20. The number of ether oxygens (including phenoxy) is 1. The van der Waals surface area contributed by atoms with Crippen LogP contribution >= 0.6 is 0 Å². The predicted molar refractivity (Wildman–Crippen MR) is 55.0 cm³/mol. The summed E-state index contributed by atoms with van der Waals surface area (Å²) in [4.78, 5) is 10.5. The van der Waals surface area contributed by atoms with Crippen LogP contribution in [-0.2, 0) is 10.2 Å². The van der Waals surface area contributed by atoms with Crippen molar-refractivity contribution >= 4 is 6.09 Å². The van der Waals surface area contributed by atoms with E-state index in [9.17, 15) is 9.18 Å². The van der Waals surface area contributed by atoms with Crippen molar-refractivity contribution in [2.45, 2.75) is 19.3 Å². The number of nitrogens with two attached hydrogens (primary N) is 1. The molecule has 0 unspecified atom stereocenters. The minimum Gasteiger partial charge on any atom is -0.449 e. The number of carbonyl (C=O) groups excluding carboxylic acids is 1. The summed E-state index contributed by atoms with van der Waals surface area (Å²) in [6.07, 6.45) is -0.801. The molecule has 0 atom stereocenters. The maximum Gasteiger partial charge on any atom is 0.404 e. The molecule has 0 spiro atoms. The lowest BCUT2D eigenvalue weighted by Crippen LogP contribution is -2.28. The zero-order valence-corrected chi connectivity index (χ0v) is 8.79. The van der Waals surface area contributed by atoms with Gasteiger partial charge in [-0.1, -0.05) is 26.0 Å². The Bertz CT molecular complexity index is 346. The largest absolute Gasteiger partial charge is 0.449 e. The van der Waals surface area contributed by atoms with Gasteiger partial charge >= 0.3 is 6.09 Å². The van der Waals surface area contributed by atoms with Crippen LogP contribution in [0.2, 0.25) is 0 Å². The number of hydrogen-bond donors (Lipinski definition) is 1. The quantitative estimate of drug-likeness (QED) is 0.833. The van der Waals surface area contributed by atoms with Gasteiger partial charge in [-0.3, -0.25) is 0 Å². The fraction of sp³-hybridized carbons (Fsp3) is 0.364. The standard InChI is InChI=1S/C11H14FNO2/c1-11(2,7-15-10(13)14)8-3-5-9(12)6-4-8/h3-6H,7H2,1-2H3,(H2,13,14). The van der Waals surface area contributed by atoms with Gasteiger partial charge in [0.15, 0.2) is 0 Å². The van der Waals surface area contributed by atoms with E-state index in [4.69, 9.17) is 10.5 Å². The summed E-state index contributed by atoms with van der Waals surface area (Å²) in [5, 5.41) is 0. The lowest BCUT2D eigenvalue weighted by atomic mass is 9.86. The molecular formula is C11H14FNO2. The molecule has 0 radical (unpaired) electrons. The van der Waals surface area contributed by atoms with Crippen molar-refractivity contribution in [3.63, 3.8) is 0 Å². The first kappa shape index (κ1) is 11.5. The average molecular weight is 211 g/mol. The molecule has 3 nitrogen and oxygen atoms in total. The van der Waals surface area contributed by atoms with Gasteiger partial charge in [-0.2, -0.15) is 0 Å². The summed E-state index contributed by atoms with van der Waals surface area (Å²) in [5.74, 6) is -0.287. The summed E-state index contributed by atoms with van der Waals surface area (Å²) in [6, 6.07) is 6.09. The number of rotatable bonds is 3. The first-order chi connectivity index (χ1) is 6.92. The van der Waals surface area contributed by atoms with Gasteiger partial charge in [0.05, 0.1) is 0 Å². The first-order valence-corrected chi connectivity index (χ1v) is 4.60. The molecule has 82 valence electrons. The predicted octanol–water partition coefficient (Wildman–Crippen LogP) is 2.20. The maximum atomic E-state index is 12.7. The van der Waals surface area contributed by atoms with Crippen LogP contribution in [0, 0.1) is 5.82 Å². The van der Waals surface area contributed by atoms with Crippen LogP contribution in [0.15, 0.2) is 24.3 Å². The summed E-state index contributed by atoms with van der Waals surface area (Å²) in [6.45, 7) is 3.96. The summed E-state index contributed by atoms with van der Waals surface area (Å²) >= 11 is 0. The van der Waals surface area contributed by atoms with Gasteiger partial charge in [0, 0.05) is 5.41 Å². The fourth-order valence-corrected chi connectivity index (χ4v) is 1.24. The second kappa shape index (κ2) is 4.29. The molecule has 0 saturated heterocycles. The molecule has 1 rings (SSSR count). The van der Waals surface area contributed by atoms with Gasteiger partial charge in [0.2, 0.25) is 0 Å². The second-order valence-corrected chi connectivity index (χ2v) is 4.00. The molecule has 4 heteroatoms. The van der Waals surface area contributed by atoms with Crippen LogP contribution in [0.1, 0.15) is 19.4 Å². The number of primary amides is 1. The monoisotopic (exact) mass is 211 g/mol. The van der Waals surface area contributed by atoms with E-state index in [1.807, 2.05) is 13.8 Å². The smallest absolute Gasteiger partial charge is 0.404 e. The Morgan fingerprint density at radius 2 is 1.93 bits per heavy atom. The molecule has 0 aliphatic rings. The highest BCUT2D eigenvalue weighted by Gasteiger charge is 2.22. The lowest BCUT2D eigenvalue weighted by molar-refractivity contribution is 0.133. The third kappa shape index (κ3) is 3.23. The molecule has 0 aliphatic heterocycles. The topological polar surface area (TPSA) is 52.3 Å². The van der Waals surface area contributed by atoms with Gasteiger partial charge in [-0.25, -0.2) is 9.18 Å². The number of carbonyl (C=O) groups is 1. The highest BCUT2D eigenvalue weighted by Crippen LogP contribution is 2.23. The van der Waals surface area contributed by atoms with Gasteiger partial charge in [-0.15, -0.1) is 0 Å². The van der Waals surface area contributed by atoms with Crippen LogP contribution in [0.4, 0.5) is 9.18 Å². The summed E-state index contributed by atoms with van der Waals surface area (Å²) < 4.78 is 17.4. The van der Waals surface area contributed by atoms with E-state index in [2.05, 4.69) is 0 Å². The Morgan fingerprint density at radius 3 is 2.40 bits per heavy atom. The molecule has 2 N–H and O–H groups in total. The lowest BCUT2D eigenvalue weighted by Gasteiger charge is -2.24. The molecule has 1 aromatic rings. The van der Waals surface area contributed by atoms with Crippen LogP contribution in [0.5, 0.6) is 0 Å². The normalized spacial score (nSPS) is 11.1. The average Bonchev–Trinajstić information content (AvgIpc) is 2.16. The van der Waals surface area contributed by atoms with E-state index in [-0.39, 0.29) is 17.8 Å². The maximum absolute atomic E-state index is 12.7. The SMILES string of the molecule is CC(C)(COC(N)=O)c1ccc(F)cc1. The molecule has 0 aromatic heterocycles. The Balaban J connectivity index is 2.76. The molecule has 1 aromatic carbocycles. The Morgan fingerprint density at radius 1 is 1.40 bits per heavy atom. The van der Waals surface area contributed by atoms with Crippen LogP contribution in [0.25, 0.3) is 0 Å². The molecular weight excluding hydrogens is 197 g/mol. The molecule has 15 heavy (non-hydrogen) atoms. The van der Waals surface area contributed by atoms with Crippen molar-refractivity contribution in [2.75, 3.05) is 6.61 Å². The fourth-order valence-electron chi connectivity index (χ4n) is 1.24. The number of benzene rings is 1. The second-order valence-electron chi connectivity index (χ2n) is 4.00. The van der Waals surface area contributed by atoms with Crippen molar-refractivity contribution in [3.8, 4) is 0 Å². The zero-order valence-electron chi connectivity index (χ0n) is 8.79. The van der Waals surface area contributed by atoms with Gasteiger partial charge in [0.25, 0.3) is 0 Å². The Kier molecular flexibility index (Phi) is 3.29. The Labute approximate surface area is 88.0 Å². The zero-order chi connectivity index (χ0) is 11.5. The number of hydrogen-bond acceptors (Lipinski definition) is 2. The highest BCUT2D eigenvalue weighted by atomic mass is 19.1. The van der Waals surface area contributed by atoms with E-state index >= 15 is 0 Å². The Hall–Kier alpha value is -1.58. The number of halogens is 1. The van der Waals surface area contributed by atoms with Crippen molar-refractivity contribution < 1.29 is 13.9 Å². The van der Waals surface area contributed by atoms with E-state index in [0.29, 0.717) is 0 Å². The molecule has 1 amide bonds. The van der Waals surface area contributed by atoms with Crippen LogP contribution < -0.4 is 5.73 Å². The summed E-state index contributed by atoms with van der Waals surface area (Å²) in [5.41, 5.74) is 5.40. The summed E-state index contributed by atoms with van der Waals surface area (Å²) in [7, 11) is 0. The van der Waals surface area contributed by atoms with Gasteiger partial charge < -0.3 is 10.5 Å². The van der Waals surface area contributed by atoms with Crippen molar-refractivity contribution in [1.82, 2.24) is 0 Å². The molecule has 0 bridgehead atoms. The number of amides is 1. The molecule has 0 saturated carbocycles. The van der Waals surface area contributed by atoms with Crippen LogP contribution in [0.3, 0.4) is 0 Å². The highest BCUT2D eigenvalue weighted by molar-refractivity contribution is 5.64. The minimum absolute atomic E-state index is 0.175. The third-order valence-electron chi connectivity index (χ3n) is 2.20. The van der Waals surface area contributed by atoms with Crippen LogP contribution in [-0.4, -0.2) is 12.7 Å². The van der Waals surface area contributed by atoms with Gasteiger partial charge in [0.1, 0.15) is 12.4 Å². The van der Waals surface area contributed by atoms with E-state index in [1.165, 1.54) is 12.1 Å².